The minimum absolute atomic E-state index is 0.0137. The van der Waals surface area contributed by atoms with E-state index >= 15 is 0 Å². The average Bonchev–Trinajstić information content (AvgIpc) is 3.77. The number of nitrogens with zero attached hydrogens (tertiary/aromatic N) is 2. The van der Waals surface area contributed by atoms with E-state index in [1.807, 2.05) is 53.4 Å². The van der Waals surface area contributed by atoms with Crippen LogP contribution in [0, 0.1) is 13.8 Å². The molecule has 5 nitrogen and oxygen atoms in total. The monoisotopic (exact) mass is 453 g/mol. The normalized spacial score (nSPS) is 15.5. The summed E-state index contributed by atoms with van der Waals surface area (Å²) < 4.78 is 2.21. The van der Waals surface area contributed by atoms with Gasteiger partial charge in [0, 0.05) is 47.3 Å². The first-order valence-electron chi connectivity index (χ1n) is 12.1. The molecule has 2 aliphatic rings. The van der Waals surface area contributed by atoms with Crippen molar-refractivity contribution in [3.63, 3.8) is 0 Å². The number of nitrogens with one attached hydrogen (secondary N) is 1. The van der Waals surface area contributed by atoms with Crippen LogP contribution in [0.3, 0.4) is 0 Å². The zero-order valence-corrected chi connectivity index (χ0v) is 19.8. The van der Waals surface area contributed by atoms with Crippen molar-refractivity contribution in [3.8, 4) is 5.69 Å². The predicted molar refractivity (Wildman–Crippen MR) is 135 cm³/mol. The molecule has 0 aliphatic heterocycles. The molecular weight excluding hydrogens is 422 g/mol. The van der Waals surface area contributed by atoms with Gasteiger partial charge in [0.25, 0.3) is 5.91 Å². The molecule has 2 amide bonds. The molecule has 2 aromatic carbocycles. The second-order valence-electron chi connectivity index (χ2n) is 9.47. The third kappa shape index (κ3) is 4.98. The van der Waals surface area contributed by atoms with Crippen LogP contribution < -0.4 is 5.32 Å². The van der Waals surface area contributed by atoms with Crippen molar-refractivity contribution in [3.05, 3.63) is 94.8 Å². The highest BCUT2D eigenvalue weighted by Gasteiger charge is 2.31. The summed E-state index contributed by atoms with van der Waals surface area (Å²) in [7, 11) is 0. The van der Waals surface area contributed by atoms with Crippen LogP contribution in [0.15, 0.2) is 66.7 Å². The molecule has 5 heteroatoms. The number of amides is 2. The molecule has 0 unspecified atom stereocenters. The molecule has 0 saturated heterocycles. The molecule has 5 rings (SSSR count). The number of aryl methyl sites for hydroxylation is 1. The first-order chi connectivity index (χ1) is 16.5. The van der Waals surface area contributed by atoms with Gasteiger partial charge >= 0.3 is 0 Å². The topological polar surface area (TPSA) is 54.3 Å². The molecule has 34 heavy (non-hydrogen) atoms. The van der Waals surface area contributed by atoms with E-state index < -0.39 is 0 Å². The summed E-state index contributed by atoms with van der Waals surface area (Å²) in [6, 6.07) is 20.7. The Hall–Kier alpha value is -3.60. The van der Waals surface area contributed by atoms with Gasteiger partial charge in [-0.25, -0.2) is 0 Å². The highest BCUT2D eigenvalue weighted by Crippen LogP contribution is 2.29. The molecule has 0 atom stereocenters. The fourth-order valence-corrected chi connectivity index (χ4v) is 4.42. The van der Waals surface area contributed by atoms with Crippen LogP contribution in [0.25, 0.3) is 11.8 Å². The molecule has 2 fully saturated rings. The van der Waals surface area contributed by atoms with Gasteiger partial charge in [-0.1, -0.05) is 30.3 Å². The maximum Gasteiger partial charge on any atom is 0.251 e. The zero-order valence-electron chi connectivity index (χ0n) is 19.8. The van der Waals surface area contributed by atoms with Gasteiger partial charge in [-0.2, -0.15) is 0 Å². The summed E-state index contributed by atoms with van der Waals surface area (Å²) in [4.78, 5) is 27.3. The summed E-state index contributed by atoms with van der Waals surface area (Å²) in [6.45, 7) is 4.73. The lowest BCUT2D eigenvalue weighted by Gasteiger charge is -2.21. The molecule has 0 bridgehead atoms. The molecule has 3 aromatic rings. The molecule has 1 N–H and O–H groups in total. The first kappa shape index (κ1) is 22.2. The maximum absolute atomic E-state index is 13.1. The number of carbonyl (C=O) groups excluding carboxylic acids is 2. The van der Waals surface area contributed by atoms with Gasteiger partial charge in [0.1, 0.15) is 0 Å². The van der Waals surface area contributed by atoms with Crippen LogP contribution in [0.2, 0.25) is 0 Å². The smallest absolute Gasteiger partial charge is 0.251 e. The Morgan fingerprint density at radius 2 is 1.71 bits per heavy atom. The van der Waals surface area contributed by atoms with Gasteiger partial charge in [-0.15, -0.1) is 0 Å². The van der Waals surface area contributed by atoms with Crippen molar-refractivity contribution in [2.45, 2.75) is 58.2 Å². The lowest BCUT2D eigenvalue weighted by Crippen LogP contribution is -2.31. The van der Waals surface area contributed by atoms with Crippen molar-refractivity contribution in [1.29, 1.82) is 0 Å². The Balaban J connectivity index is 1.28. The lowest BCUT2D eigenvalue weighted by molar-refractivity contribution is -0.127. The number of para-hydroxylation sites is 1. The Bertz CT molecular complexity index is 1220. The van der Waals surface area contributed by atoms with E-state index in [4.69, 9.17) is 0 Å². The fraction of sp³-hybridized carbons (Fsp3) is 0.310. The summed E-state index contributed by atoms with van der Waals surface area (Å²) in [6.07, 6.45) is 7.88. The molecular formula is C29H31N3O2. The third-order valence-corrected chi connectivity index (χ3v) is 6.64. The van der Waals surface area contributed by atoms with Crippen molar-refractivity contribution in [2.24, 2.45) is 0 Å². The van der Waals surface area contributed by atoms with E-state index in [9.17, 15) is 9.59 Å². The number of rotatable bonds is 8. The highest BCUT2D eigenvalue weighted by atomic mass is 16.2. The van der Waals surface area contributed by atoms with Crippen LogP contribution in [0.1, 0.15) is 58.6 Å². The van der Waals surface area contributed by atoms with Crippen molar-refractivity contribution >= 4 is 17.9 Å². The third-order valence-electron chi connectivity index (χ3n) is 6.64. The zero-order chi connectivity index (χ0) is 23.7. The quantitative estimate of drug-likeness (QED) is 0.477. The van der Waals surface area contributed by atoms with E-state index in [2.05, 4.69) is 41.9 Å². The summed E-state index contributed by atoms with van der Waals surface area (Å²) in [5.74, 6) is 0.0165. The fourth-order valence-electron chi connectivity index (χ4n) is 4.42. The minimum atomic E-state index is -0.0137. The Labute approximate surface area is 201 Å². The predicted octanol–water partition coefficient (Wildman–Crippen LogP) is 5.19. The molecule has 1 aromatic heterocycles. The SMILES string of the molecule is Cc1cc(/C=C/C(=O)N(Cc2ccc(C(=O)NC3CC3)cc2)C2CC2)c(C)n1-c1ccccc1. The largest absolute Gasteiger partial charge is 0.349 e. The van der Waals surface area contributed by atoms with E-state index in [1.54, 1.807) is 6.08 Å². The number of aromatic nitrogens is 1. The molecule has 174 valence electrons. The van der Waals surface area contributed by atoms with Crippen molar-refractivity contribution < 1.29 is 9.59 Å². The number of hydrogen-bond donors (Lipinski definition) is 1. The van der Waals surface area contributed by atoms with E-state index in [0.29, 0.717) is 24.2 Å². The number of benzene rings is 2. The van der Waals surface area contributed by atoms with Crippen LogP contribution >= 0.6 is 0 Å². The molecule has 2 aliphatic carbocycles. The molecule has 1 heterocycles. The highest BCUT2D eigenvalue weighted by molar-refractivity contribution is 5.94. The van der Waals surface area contributed by atoms with E-state index in [1.165, 1.54) is 0 Å². The summed E-state index contributed by atoms with van der Waals surface area (Å²) in [5, 5.41) is 3.02. The molecule has 0 spiro atoms. The number of hydrogen-bond acceptors (Lipinski definition) is 2. The second-order valence-corrected chi connectivity index (χ2v) is 9.47. The van der Waals surface area contributed by atoms with E-state index in [-0.39, 0.29) is 11.8 Å². The second kappa shape index (κ2) is 9.34. The number of carbonyl (C=O) groups is 2. The Morgan fingerprint density at radius 1 is 1.00 bits per heavy atom. The van der Waals surface area contributed by atoms with Crippen molar-refractivity contribution in [2.75, 3.05) is 0 Å². The standard InChI is InChI=1S/C29H31N3O2/c1-20-18-24(21(2)32(20)27-6-4-3-5-7-27)12-17-28(33)31(26-15-16-26)19-22-8-10-23(11-9-22)29(34)30-25-13-14-25/h3-12,17-18,25-26H,13-16,19H2,1-2H3,(H,30,34)/b17-12+. The van der Waals surface area contributed by atoms with Gasteiger partial charge in [-0.05, 0) is 87.1 Å². The van der Waals surface area contributed by atoms with Gasteiger partial charge < -0.3 is 14.8 Å². The van der Waals surface area contributed by atoms with Crippen LogP contribution in [-0.2, 0) is 11.3 Å². The average molecular weight is 454 g/mol. The molecule has 0 radical (unpaired) electrons. The Kier molecular flexibility index (Phi) is 6.10. The van der Waals surface area contributed by atoms with Crippen molar-refractivity contribution in [1.82, 2.24) is 14.8 Å². The van der Waals surface area contributed by atoms with E-state index in [0.717, 1.165) is 53.9 Å². The Morgan fingerprint density at radius 3 is 2.35 bits per heavy atom. The van der Waals surface area contributed by atoms with Crippen LogP contribution in [-0.4, -0.2) is 33.4 Å². The van der Waals surface area contributed by atoms with Gasteiger partial charge in [0.15, 0.2) is 0 Å². The van der Waals surface area contributed by atoms with Gasteiger partial charge in [-0.3, -0.25) is 9.59 Å². The van der Waals surface area contributed by atoms with Crippen LogP contribution in [0.4, 0.5) is 0 Å². The van der Waals surface area contributed by atoms with Gasteiger partial charge in [0.05, 0.1) is 0 Å². The summed E-state index contributed by atoms with van der Waals surface area (Å²) in [5.41, 5.74) is 6.15. The van der Waals surface area contributed by atoms with Gasteiger partial charge in [0.2, 0.25) is 5.91 Å². The summed E-state index contributed by atoms with van der Waals surface area (Å²) >= 11 is 0. The first-order valence-corrected chi connectivity index (χ1v) is 12.1. The molecule has 2 saturated carbocycles. The minimum Gasteiger partial charge on any atom is -0.349 e. The lowest BCUT2D eigenvalue weighted by atomic mass is 10.1. The maximum atomic E-state index is 13.1. The van der Waals surface area contributed by atoms with Crippen LogP contribution in [0.5, 0.6) is 0 Å².